The number of nitrogens with one attached hydrogen (secondary N) is 2. The molecule has 0 fully saturated rings. The molecule has 1 aromatic carbocycles. The predicted octanol–water partition coefficient (Wildman–Crippen LogP) is 3.16. The minimum atomic E-state index is -0.204. The molecule has 0 radical (unpaired) electrons. The van der Waals surface area contributed by atoms with Gasteiger partial charge < -0.3 is 15.2 Å². The molecular formula is C15H18Cl2N4O. The van der Waals surface area contributed by atoms with E-state index in [0.717, 1.165) is 24.2 Å². The lowest BCUT2D eigenvalue weighted by Gasteiger charge is -2.08. The van der Waals surface area contributed by atoms with Gasteiger partial charge in [0.15, 0.2) is 0 Å². The smallest absolute Gasteiger partial charge is 0.315 e. The number of urea groups is 1. The van der Waals surface area contributed by atoms with E-state index in [1.54, 1.807) is 12.3 Å². The second-order valence-electron chi connectivity index (χ2n) is 4.90. The second-order valence-corrected chi connectivity index (χ2v) is 5.75. The fourth-order valence-electron chi connectivity index (χ4n) is 1.99. The Bertz CT molecular complexity index is 642. The van der Waals surface area contributed by atoms with Gasteiger partial charge in [-0.15, -0.1) is 0 Å². The Morgan fingerprint density at radius 1 is 1.32 bits per heavy atom. The van der Waals surface area contributed by atoms with E-state index in [9.17, 15) is 4.79 Å². The first-order valence-corrected chi connectivity index (χ1v) is 7.73. The van der Waals surface area contributed by atoms with E-state index in [4.69, 9.17) is 23.2 Å². The van der Waals surface area contributed by atoms with Crippen LogP contribution in [0.3, 0.4) is 0 Å². The van der Waals surface area contributed by atoms with Crippen LogP contribution in [0.5, 0.6) is 0 Å². The van der Waals surface area contributed by atoms with Crippen molar-refractivity contribution < 1.29 is 4.79 Å². The zero-order valence-corrected chi connectivity index (χ0v) is 13.8. The van der Waals surface area contributed by atoms with Gasteiger partial charge in [-0.1, -0.05) is 29.3 Å². The molecule has 2 N–H and O–H groups in total. The van der Waals surface area contributed by atoms with E-state index in [-0.39, 0.29) is 6.03 Å². The van der Waals surface area contributed by atoms with Gasteiger partial charge in [0.25, 0.3) is 0 Å². The van der Waals surface area contributed by atoms with E-state index in [1.807, 2.05) is 29.9 Å². The number of hydrogen-bond acceptors (Lipinski definition) is 2. The Morgan fingerprint density at radius 2 is 2.14 bits per heavy atom. The van der Waals surface area contributed by atoms with Crippen LogP contribution >= 0.6 is 23.2 Å². The molecule has 0 saturated carbocycles. The monoisotopic (exact) mass is 340 g/mol. The van der Waals surface area contributed by atoms with Gasteiger partial charge in [0.1, 0.15) is 5.82 Å². The van der Waals surface area contributed by atoms with Gasteiger partial charge in [0.2, 0.25) is 0 Å². The maximum Gasteiger partial charge on any atom is 0.315 e. The Kier molecular flexibility index (Phi) is 6.10. The first-order chi connectivity index (χ1) is 10.6. The third-order valence-electron chi connectivity index (χ3n) is 3.25. The molecule has 0 aliphatic rings. The molecular weight excluding hydrogens is 323 g/mol. The van der Waals surface area contributed by atoms with E-state index in [1.165, 1.54) is 0 Å². The number of carbonyl (C=O) groups is 1. The van der Waals surface area contributed by atoms with Crippen LogP contribution < -0.4 is 10.6 Å². The Balaban J connectivity index is 1.66. The number of nitrogens with zero attached hydrogens (tertiary/aromatic N) is 2. The maximum absolute atomic E-state index is 11.7. The largest absolute Gasteiger partial charge is 0.338 e. The number of aryl methyl sites for hydroxylation is 2. The molecule has 5 nitrogen and oxygen atoms in total. The summed E-state index contributed by atoms with van der Waals surface area (Å²) in [6.45, 7) is 0.976. The van der Waals surface area contributed by atoms with Crippen LogP contribution in [0.25, 0.3) is 0 Å². The van der Waals surface area contributed by atoms with Gasteiger partial charge in [0, 0.05) is 36.0 Å². The van der Waals surface area contributed by atoms with Gasteiger partial charge in [-0.05, 0) is 30.5 Å². The summed E-state index contributed by atoms with van der Waals surface area (Å²) in [7, 11) is 1.89. The molecule has 0 unspecified atom stereocenters. The fraction of sp³-hybridized carbons (Fsp3) is 0.333. The predicted molar refractivity (Wildman–Crippen MR) is 88.2 cm³/mol. The summed E-state index contributed by atoms with van der Waals surface area (Å²) in [5.41, 5.74) is 1.03. The topological polar surface area (TPSA) is 59.0 Å². The number of halogens is 2. The highest BCUT2D eigenvalue weighted by Crippen LogP contribution is 2.21. The molecule has 2 aromatic rings. The summed E-state index contributed by atoms with van der Waals surface area (Å²) < 4.78 is 1.86. The first kappa shape index (κ1) is 16.6. The minimum absolute atomic E-state index is 0.204. The van der Waals surface area contributed by atoms with Crippen molar-refractivity contribution in [2.75, 3.05) is 6.54 Å². The van der Waals surface area contributed by atoms with Crippen LogP contribution in [0, 0.1) is 0 Å². The Labute approximate surface area is 139 Å². The maximum atomic E-state index is 11.7. The van der Waals surface area contributed by atoms with Crippen LogP contribution in [-0.4, -0.2) is 22.1 Å². The van der Waals surface area contributed by atoms with Crippen molar-refractivity contribution in [3.8, 4) is 0 Å². The van der Waals surface area contributed by atoms with Crippen LogP contribution in [-0.2, 0) is 20.0 Å². The second kappa shape index (κ2) is 8.06. The van der Waals surface area contributed by atoms with Crippen molar-refractivity contribution in [2.45, 2.75) is 19.4 Å². The van der Waals surface area contributed by atoms with Gasteiger partial charge in [-0.2, -0.15) is 0 Å². The zero-order chi connectivity index (χ0) is 15.9. The zero-order valence-electron chi connectivity index (χ0n) is 12.3. The summed E-state index contributed by atoms with van der Waals surface area (Å²) >= 11 is 12.0. The molecule has 1 aromatic heterocycles. The third kappa shape index (κ3) is 4.93. The molecule has 22 heavy (non-hydrogen) atoms. The highest BCUT2D eigenvalue weighted by Gasteiger charge is 2.04. The van der Waals surface area contributed by atoms with Gasteiger partial charge in [0.05, 0.1) is 6.54 Å². The molecule has 0 aliphatic heterocycles. The average molecular weight is 341 g/mol. The Morgan fingerprint density at radius 3 is 2.82 bits per heavy atom. The average Bonchev–Trinajstić information content (AvgIpc) is 2.88. The van der Waals surface area contributed by atoms with Crippen molar-refractivity contribution in [3.63, 3.8) is 0 Å². The van der Waals surface area contributed by atoms with E-state index in [2.05, 4.69) is 15.6 Å². The van der Waals surface area contributed by atoms with Crippen molar-refractivity contribution in [3.05, 3.63) is 52.0 Å². The number of amides is 2. The van der Waals surface area contributed by atoms with Crippen molar-refractivity contribution in [1.29, 1.82) is 0 Å². The molecule has 1 heterocycles. The van der Waals surface area contributed by atoms with E-state index >= 15 is 0 Å². The lowest BCUT2D eigenvalue weighted by atomic mass is 10.1. The molecule has 2 rings (SSSR count). The molecule has 0 spiro atoms. The highest BCUT2D eigenvalue weighted by molar-refractivity contribution is 6.35. The van der Waals surface area contributed by atoms with Gasteiger partial charge >= 0.3 is 6.03 Å². The first-order valence-electron chi connectivity index (χ1n) is 6.98. The summed E-state index contributed by atoms with van der Waals surface area (Å²) in [6.07, 6.45) is 5.13. The van der Waals surface area contributed by atoms with E-state index in [0.29, 0.717) is 23.1 Å². The van der Waals surface area contributed by atoms with Gasteiger partial charge in [-0.3, -0.25) is 0 Å². The van der Waals surface area contributed by atoms with Crippen LogP contribution in [0.15, 0.2) is 30.6 Å². The van der Waals surface area contributed by atoms with Crippen molar-refractivity contribution >= 4 is 29.2 Å². The van der Waals surface area contributed by atoms with Crippen molar-refractivity contribution in [1.82, 2.24) is 20.2 Å². The molecule has 0 atom stereocenters. The lowest BCUT2D eigenvalue weighted by molar-refractivity contribution is 0.240. The fourth-order valence-corrected chi connectivity index (χ4v) is 2.50. The quantitative estimate of drug-likeness (QED) is 0.793. The number of imidazole rings is 1. The molecule has 2 amide bonds. The Hall–Kier alpha value is -1.72. The molecule has 0 aliphatic carbocycles. The molecule has 7 heteroatoms. The number of rotatable bonds is 6. The lowest BCUT2D eigenvalue weighted by Crippen LogP contribution is -2.36. The standard InChI is InChI=1S/C15H18Cl2N4O/c1-21-8-7-18-14(21)10-20-15(22)19-6-2-3-11-4-5-12(16)9-13(11)17/h4-5,7-9H,2-3,6,10H2,1H3,(H2,19,20,22). The number of benzene rings is 1. The highest BCUT2D eigenvalue weighted by atomic mass is 35.5. The summed E-state index contributed by atoms with van der Waals surface area (Å²) in [6, 6.07) is 5.25. The number of carbonyl (C=O) groups excluding carboxylic acids is 1. The van der Waals surface area contributed by atoms with Crippen LogP contribution in [0.1, 0.15) is 17.8 Å². The van der Waals surface area contributed by atoms with Crippen molar-refractivity contribution in [2.24, 2.45) is 7.05 Å². The summed E-state index contributed by atoms with van der Waals surface area (Å²) in [4.78, 5) is 15.8. The molecule has 118 valence electrons. The molecule has 0 saturated heterocycles. The third-order valence-corrected chi connectivity index (χ3v) is 3.84. The normalized spacial score (nSPS) is 10.5. The van der Waals surface area contributed by atoms with E-state index < -0.39 is 0 Å². The molecule has 0 bridgehead atoms. The minimum Gasteiger partial charge on any atom is -0.338 e. The number of hydrogen-bond donors (Lipinski definition) is 2. The summed E-state index contributed by atoms with van der Waals surface area (Å²) in [5.74, 6) is 0.808. The van der Waals surface area contributed by atoms with Crippen LogP contribution in [0.2, 0.25) is 10.0 Å². The summed E-state index contributed by atoms with van der Waals surface area (Å²) in [5, 5.41) is 6.86. The van der Waals surface area contributed by atoms with Gasteiger partial charge in [-0.25, -0.2) is 9.78 Å². The SMILES string of the molecule is Cn1ccnc1CNC(=O)NCCCc1ccc(Cl)cc1Cl. The van der Waals surface area contributed by atoms with Crippen LogP contribution in [0.4, 0.5) is 4.79 Å². The number of aromatic nitrogens is 2.